The molecule has 0 aromatic carbocycles. The van der Waals surface area contributed by atoms with Gasteiger partial charge in [0.2, 0.25) is 0 Å². The van der Waals surface area contributed by atoms with Crippen molar-refractivity contribution in [3.05, 3.63) is 0 Å². The highest BCUT2D eigenvalue weighted by molar-refractivity contribution is 4.55. The molecule has 0 aromatic rings. The van der Waals surface area contributed by atoms with Crippen LogP contribution in [0.4, 0.5) is 0 Å². The van der Waals surface area contributed by atoms with Gasteiger partial charge in [-0.1, -0.05) is 0 Å². The van der Waals surface area contributed by atoms with Crippen LogP contribution in [0, 0.1) is 0 Å². The predicted octanol–water partition coefficient (Wildman–Crippen LogP) is -2.91. The van der Waals surface area contributed by atoms with Gasteiger partial charge in [0.15, 0.2) is 0 Å². The summed E-state index contributed by atoms with van der Waals surface area (Å²) in [7, 11) is 0. The van der Waals surface area contributed by atoms with Crippen LogP contribution in [0.5, 0.6) is 0 Å². The molecule has 56 valence electrons. The molecule has 0 bridgehead atoms. The number of rotatable bonds is 5. The molecule has 9 heavy (non-hydrogen) atoms. The van der Waals surface area contributed by atoms with Crippen molar-refractivity contribution < 1.29 is 0 Å². The highest BCUT2D eigenvalue weighted by Gasteiger charge is 1.99. The lowest BCUT2D eigenvalue weighted by Crippen LogP contribution is -2.50. The third-order valence-corrected chi connectivity index (χ3v) is 0.980. The van der Waals surface area contributed by atoms with Crippen molar-refractivity contribution in [1.29, 1.82) is 0 Å². The fraction of sp³-hybridized carbons (Fsp3) is 1.00. The summed E-state index contributed by atoms with van der Waals surface area (Å²) in [5, 5.41) is 0. The Morgan fingerprint density at radius 3 is 2.00 bits per heavy atom. The van der Waals surface area contributed by atoms with Crippen molar-refractivity contribution >= 4 is 0 Å². The molecule has 0 saturated heterocycles. The summed E-state index contributed by atoms with van der Waals surface area (Å²) in [5.74, 6) is 15.1. The number of nitrogens with one attached hydrogen (secondary N) is 3. The van der Waals surface area contributed by atoms with Crippen molar-refractivity contribution in [1.82, 2.24) is 16.3 Å². The fourth-order valence-electron chi connectivity index (χ4n) is 0.442. The molecule has 0 saturated carbocycles. The molecular weight excluding hydrogens is 120 g/mol. The van der Waals surface area contributed by atoms with Gasteiger partial charge >= 0.3 is 0 Å². The van der Waals surface area contributed by atoms with E-state index in [1.807, 2.05) is 0 Å². The summed E-state index contributed by atoms with van der Waals surface area (Å²) in [6, 6.07) is 0. The Labute approximate surface area is 54.0 Å². The van der Waals surface area contributed by atoms with Gasteiger partial charge < -0.3 is 0 Å². The van der Waals surface area contributed by atoms with Crippen molar-refractivity contribution in [3.8, 4) is 0 Å². The Hall–Kier alpha value is -0.240. The van der Waals surface area contributed by atoms with E-state index in [-0.39, 0.29) is 6.17 Å². The SMILES string of the molecule is NNCCC(NN)NN. The molecule has 9 N–H and O–H groups in total. The first kappa shape index (κ1) is 8.76. The highest BCUT2D eigenvalue weighted by Crippen LogP contribution is 1.78. The lowest BCUT2D eigenvalue weighted by molar-refractivity contribution is 0.408. The van der Waals surface area contributed by atoms with Gasteiger partial charge in [-0.3, -0.25) is 23.0 Å². The number of hydrogen-bond donors (Lipinski definition) is 6. The van der Waals surface area contributed by atoms with Gasteiger partial charge in [-0.15, -0.1) is 0 Å². The largest absolute Gasteiger partial charge is 0.271 e. The second-order valence-electron chi connectivity index (χ2n) is 1.63. The van der Waals surface area contributed by atoms with E-state index in [0.29, 0.717) is 6.54 Å². The molecule has 0 rings (SSSR count). The Bertz CT molecular complexity index is 52.3. The second kappa shape index (κ2) is 5.89. The van der Waals surface area contributed by atoms with Crippen molar-refractivity contribution in [3.63, 3.8) is 0 Å². The van der Waals surface area contributed by atoms with Gasteiger partial charge in [-0.2, -0.15) is 0 Å². The van der Waals surface area contributed by atoms with Crippen LogP contribution >= 0.6 is 0 Å². The summed E-state index contributed by atoms with van der Waals surface area (Å²) in [6.45, 7) is 0.666. The first-order valence-corrected chi connectivity index (χ1v) is 2.71. The van der Waals surface area contributed by atoms with E-state index in [1.165, 1.54) is 0 Å². The fourth-order valence-corrected chi connectivity index (χ4v) is 0.442. The maximum absolute atomic E-state index is 5.06. The summed E-state index contributed by atoms with van der Waals surface area (Å²) >= 11 is 0. The van der Waals surface area contributed by atoms with Crippen LogP contribution in [-0.2, 0) is 0 Å². The molecule has 0 atom stereocenters. The minimum absolute atomic E-state index is 0.0824. The Morgan fingerprint density at radius 1 is 1.11 bits per heavy atom. The Balaban J connectivity index is 3.09. The summed E-state index contributed by atoms with van der Waals surface area (Å²) in [5.41, 5.74) is 7.39. The van der Waals surface area contributed by atoms with Crippen LogP contribution in [0.15, 0.2) is 0 Å². The molecule has 6 heteroatoms. The van der Waals surface area contributed by atoms with E-state index in [4.69, 9.17) is 17.5 Å². The molecule has 0 aliphatic rings. The van der Waals surface area contributed by atoms with Gasteiger partial charge in [-0.25, -0.2) is 10.9 Å². The average molecular weight is 134 g/mol. The summed E-state index contributed by atoms with van der Waals surface area (Å²) < 4.78 is 0. The molecule has 0 unspecified atom stereocenters. The number of hydrogen-bond acceptors (Lipinski definition) is 6. The number of nitrogens with two attached hydrogens (primary N) is 3. The highest BCUT2D eigenvalue weighted by atomic mass is 15.4. The van der Waals surface area contributed by atoms with E-state index in [1.54, 1.807) is 0 Å². The monoisotopic (exact) mass is 134 g/mol. The third kappa shape index (κ3) is 4.28. The van der Waals surface area contributed by atoms with E-state index >= 15 is 0 Å². The zero-order chi connectivity index (χ0) is 7.11. The Morgan fingerprint density at radius 2 is 1.67 bits per heavy atom. The van der Waals surface area contributed by atoms with Crippen LogP contribution in [0.25, 0.3) is 0 Å². The molecule has 0 aliphatic heterocycles. The maximum Gasteiger partial charge on any atom is 0.0839 e. The first-order valence-electron chi connectivity index (χ1n) is 2.71. The Kier molecular flexibility index (Phi) is 5.73. The van der Waals surface area contributed by atoms with E-state index in [2.05, 4.69) is 16.3 Å². The van der Waals surface area contributed by atoms with Crippen molar-refractivity contribution in [2.45, 2.75) is 12.6 Å². The first-order chi connectivity index (χ1) is 4.35. The van der Waals surface area contributed by atoms with E-state index < -0.39 is 0 Å². The van der Waals surface area contributed by atoms with Gasteiger partial charge in [0.25, 0.3) is 0 Å². The van der Waals surface area contributed by atoms with Gasteiger partial charge in [0.05, 0.1) is 6.17 Å². The molecular formula is C3H14N6. The molecule has 0 radical (unpaired) electrons. The zero-order valence-electron chi connectivity index (χ0n) is 5.22. The summed E-state index contributed by atoms with van der Waals surface area (Å²) in [6.07, 6.45) is 0.657. The maximum atomic E-state index is 5.06. The van der Waals surface area contributed by atoms with Crippen LogP contribution < -0.4 is 33.8 Å². The smallest absolute Gasteiger partial charge is 0.0839 e. The lowest BCUT2D eigenvalue weighted by Gasteiger charge is -2.12. The zero-order valence-corrected chi connectivity index (χ0v) is 5.22. The normalized spacial score (nSPS) is 10.7. The van der Waals surface area contributed by atoms with Crippen LogP contribution in [-0.4, -0.2) is 12.7 Å². The molecule has 0 aliphatic carbocycles. The quantitative estimate of drug-likeness (QED) is 0.136. The predicted molar refractivity (Wildman–Crippen MR) is 35.2 cm³/mol. The van der Waals surface area contributed by atoms with E-state index in [9.17, 15) is 0 Å². The molecule has 0 fully saturated rings. The van der Waals surface area contributed by atoms with Crippen LogP contribution in [0.2, 0.25) is 0 Å². The molecule has 0 aromatic heterocycles. The molecule has 0 amide bonds. The number of hydrazine groups is 3. The lowest BCUT2D eigenvalue weighted by atomic mass is 10.3. The second-order valence-corrected chi connectivity index (χ2v) is 1.63. The van der Waals surface area contributed by atoms with E-state index in [0.717, 1.165) is 6.42 Å². The van der Waals surface area contributed by atoms with Crippen LogP contribution in [0.1, 0.15) is 6.42 Å². The minimum atomic E-state index is -0.0824. The minimum Gasteiger partial charge on any atom is -0.271 e. The van der Waals surface area contributed by atoms with Crippen molar-refractivity contribution in [2.75, 3.05) is 6.54 Å². The topological polar surface area (TPSA) is 114 Å². The summed E-state index contributed by atoms with van der Waals surface area (Å²) in [4.78, 5) is 0. The van der Waals surface area contributed by atoms with Crippen LogP contribution in [0.3, 0.4) is 0 Å². The third-order valence-electron chi connectivity index (χ3n) is 0.980. The molecule has 6 nitrogen and oxygen atoms in total. The van der Waals surface area contributed by atoms with Crippen molar-refractivity contribution in [2.24, 2.45) is 17.5 Å². The molecule has 0 spiro atoms. The average Bonchev–Trinajstić information content (AvgIpc) is 1.91. The molecule has 0 heterocycles. The van der Waals surface area contributed by atoms with Gasteiger partial charge in [0, 0.05) is 6.54 Å². The van der Waals surface area contributed by atoms with Gasteiger partial charge in [-0.05, 0) is 6.42 Å². The van der Waals surface area contributed by atoms with Gasteiger partial charge in [0.1, 0.15) is 0 Å². The standard InChI is InChI=1S/C3H14N6/c4-7-2-1-3(8-5)9-6/h3,7-9H,1-2,4-6H2.